The monoisotopic (exact) mass is 315 g/mol. The molecule has 8 heteroatoms. The molecule has 120 valence electrons. The smallest absolute Gasteiger partial charge is 0.259 e. The molecule has 0 saturated heterocycles. The van der Waals surface area contributed by atoms with Crippen LogP contribution in [0, 0.1) is 0 Å². The number of hydrogen-bond acceptors (Lipinski definition) is 5. The third kappa shape index (κ3) is 2.22. The standard InChI is InChI=1S/C15H17N5O3/c1-18-5-6-20-14(18)10(7-16-20)15(21)19-4-3-12-11(8-19)17-13(23-12)9-22-2/h5-7H,3-4,8-9H2,1-2H3. The number of rotatable bonds is 3. The SMILES string of the molecule is COCc1nc2c(o1)CCN(C(=O)c1cnn3ccn(C)c13)C2. The minimum absolute atomic E-state index is 0.0382. The van der Waals surface area contributed by atoms with Gasteiger partial charge in [-0.1, -0.05) is 0 Å². The van der Waals surface area contributed by atoms with Crippen molar-refractivity contribution in [3.8, 4) is 0 Å². The molecule has 0 spiro atoms. The Morgan fingerprint density at radius 2 is 2.30 bits per heavy atom. The Hall–Kier alpha value is -2.61. The van der Waals surface area contributed by atoms with Crippen LogP contribution in [0.15, 0.2) is 23.0 Å². The van der Waals surface area contributed by atoms with Gasteiger partial charge in [0.05, 0.1) is 12.7 Å². The first-order valence-electron chi connectivity index (χ1n) is 7.41. The van der Waals surface area contributed by atoms with Crippen LogP contribution in [0.5, 0.6) is 0 Å². The van der Waals surface area contributed by atoms with Crippen molar-refractivity contribution in [3.05, 3.63) is 41.5 Å². The molecule has 23 heavy (non-hydrogen) atoms. The summed E-state index contributed by atoms with van der Waals surface area (Å²) in [5.74, 6) is 1.37. The number of ether oxygens (including phenoxy) is 1. The zero-order chi connectivity index (χ0) is 16.0. The van der Waals surface area contributed by atoms with Gasteiger partial charge in [-0.25, -0.2) is 9.50 Å². The number of aromatic nitrogens is 4. The number of amides is 1. The third-order valence-corrected chi connectivity index (χ3v) is 4.09. The molecule has 0 aliphatic carbocycles. The highest BCUT2D eigenvalue weighted by molar-refractivity contribution is 5.99. The summed E-state index contributed by atoms with van der Waals surface area (Å²) in [7, 11) is 3.50. The maximum absolute atomic E-state index is 12.8. The number of imidazole rings is 1. The molecular weight excluding hydrogens is 298 g/mol. The van der Waals surface area contributed by atoms with Crippen molar-refractivity contribution in [3.63, 3.8) is 0 Å². The molecule has 0 aromatic carbocycles. The third-order valence-electron chi connectivity index (χ3n) is 4.09. The van der Waals surface area contributed by atoms with Gasteiger partial charge in [0.1, 0.15) is 29.3 Å². The van der Waals surface area contributed by atoms with Gasteiger partial charge in [-0.15, -0.1) is 0 Å². The van der Waals surface area contributed by atoms with E-state index in [2.05, 4.69) is 10.1 Å². The van der Waals surface area contributed by atoms with Crippen LogP contribution >= 0.6 is 0 Å². The van der Waals surface area contributed by atoms with E-state index < -0.39 is 0 Å². The summed E-state index contributed by atoms with van der Waals surface area (Å²) in [5, 5.41) is 4.23. The van der Waals surface area contributed by atoms with Crippen molar-refractivity contribution in [2.45, 2.75) is 19.6 Å². The predicted octanol–water partition coefficient (Wildman–Crippen LogP) is 1.01. The first-order valence-corrected chi connectivity index (χ1v) is 7.41. The average Bonchev–Trinajstić information content (AvgIpc) is 3.22. The Morgan fingerprint density at radius 1 is 1.43 bits per heavy atom. The highest BCUT2D eigenvalue weighted by Gasteiger charge is 2.28. The molecule has 0 fully saturated rings. The van der Waals surface area contributed by atoms with Crippen molar-refractivity contribution in [1.82, 2.24) is 24.1 Å². The van der Waals surface area contributed by atoms with E-state index in [0.717, 1.165) is 17.1 Å². The second-order valence-corrected chi connectivity index (χ2v) is 5.62. The van der Waals surface area contributed by atoms with E-state index in [-0.39, 0.29) is 5.91 Å². The molecule has 0 bridgehead atoms. The van der Waals surface area contributed by atoms with Gasteiger partial charge in [-0.2, -0.15) is 5.10 Å². The fraction of sp³-hybridized carbons (Fsp3) is 0.400. The van der Waals surface area contributed by atoms with Crippen molar-refractivity contribution in [2.24, 2.45) is 7.05 Å². The van der Waals surface area contributed by atoms with Crippen molar-refractivity contribution in [1.29, 1.82) is 0 Å². The number of nitrogens with zero attached hydrogens (tertiary/aromatic N) is 5. The van der Waals surface area contributed by atoms with Gasteiger partial charge in [0.25, 0.3) is 5.91 Å². The molecule has 1 amide bonds. The van der Waals surface area contributed by atoms with Gasteiger partial charge in [0.2, 0.25) is 5.89 Å². The highest BCUT2D eigenvalue weighted by atomic mass is 16.5. The van der Waals surface area contributed by atoms with E-state index in [0.29, 0.717) is 37.6 Å². The number of carbonyl (C=O) groups is 1. The number of hydrogen-bond donors (Lipinski definition) is 0. The van der Waals surface area contributed by atoms with Crippen molar-refractivity contribution in [2.75, 3.05) is 13.7 Å². The normalized spacial score (nSPS) is 14.4. The highest BCUT2D eigenvalue weighted by Crippen LogP contribution is 2.23. The van der Waals surface area contributed by atoms with Crippen LogP contribution in [0.25, 0.3) is 5.65 Å². The fourth-order valence-electron chi connectivity index (χ4n) is 2.98. The first-order chi connectivity index (χ1) is 11.2. The zero-order valence-corrected chi connectivity index (χ0v) is 13.0. The van der Waals surface area contributed by atoms with Gasteiger partial charge in [0, 0.05) is 39.5 Å². The molecule has 0 N–H and O–H groups in total. The summed E-state index contributed by atoms with van der Waals surface area (Å²) in [6.07, 6.45) is 5.98. The van der Waals surface area contributed by atoms with Crippen LogP contribution < -0.4 is 0 Å². The summed E-state index contributed by atoms with van der Waals surface area (Å²) in [5.41, 5.74) is 2.20. The van der Waals surface area contributed by atoms with E-state index in [1.54, 1.807) is 22.7 Å². The Morgan fingerprint density at radius 3 is 3.13 bits per heavy atom. The number of aryl methyl sites for hydroxylation is 1. The van der Waals surface area contributed by atoms with Crippen LogP contribution in [0.2, 0.25) is 0 Å². The minimum Gasteiger partial charge on any atom is -0.443 e. The molecule has 0 radical (unpaired) electrons. The number of oxazole rings is 1. The minimum atomic E-state index is -0.0382. The topological polar surface area (TPSA) is 77.8 Å². The molecule has 3 aromatic heterocycles. The van der Waals surface area contributed by atoms with Gasteiger partial charge >= 0.3 is 0 Å². The second-order valence-electron chi connectivity index (χ2n) is 5.62. The van der Waals surface area contributed by atoms with Gasteiger partial charge in [0.15, 0.2) is 0 Å². The molecule has 3 aromatic rings. The largest absolute Gasteiger partial charge is 0.443 e. The summed E-state index contributed by atoms with van der Waals surface area (Å²) in [4.78, 5) is 19.0. The molecule has 1 aliphatic rings. The Kier molecular flexibility index (Phi) is 3.19. The van der Waals surface area contributed by atoms with Crippen LogP contribution in [0.3, 0.4) is 0 Å². The molecule has 4 heterocycles. The van der Waals surface area contributed by atoms with E-state index in [1.165, 1.54) is 0 Å². The van der Waals surface area contributed by atoms with Crippen molar-refractivity contribution < 1.29 is 13.9 Å². The second kappa shape index (κ2) is 5.24. The average molecular weight is 315 g/mol. The summed E-state index contributed by atoms with van der Waals surface area (Å²) in [6.45, 7) is 1.40. The first kappa shape index (κ1) is 14.0. The maximum atomic E-state index is 12.8. The number of methoxy groups -OCH3 is 1. The Balaban J connectivity index is 1.61. The zero-order valence-electron chi connectivity index (χ0n) is 13.0. The Bertz CT molecular complexity index is 875. The molecule has 4 rings (SSSR count). The fourth-order valence-corrected chi connectivity index (χ4v) is 2.98. The maximum Gasteiger partial charge on any atom is 0.259 e. The van der Waals surface area contributed by atoms with Gasteiger partial charge in [-0.05, 0) is 0 Å². The molecule has 8 nitrogen and oxygen atoms in total. The van der Waals surface area contributed by atoms with Crippen LogP contribution in [-0.4, -0.2) is 43.6 Å². The van der Waals surface area contributed by atoms with Crippen LogP contribution in [-0.2, 0) is 31.4 Å². The van der Waals surface area contributed by atoms with E-state index in [1.807, 2.05) is 24.0 Å². The summed E-state index contributed by atoms with van der Waals surface area (Å²) in [6, 6.07) is 0. The van der Waals surface area contributed by atoms with E-state index >= 15 is 0 Å². The predicted molar refractivity (Wildman–Crippen MR) is 79.8 cm³/mol. The Labute approximate surface area is 132 Å². The molecule has 0 atom stereocenters. The lowest BCUT2D eigenvalue weighted by molar-refractivity contribution is 0.0729. The van der Waals surface area contributed by atoms with Crippen LogP contribution in [0.4, 0.5) is 0 Å². The lowest BCUT2D eigenvalue weighted by Crippen LogP contribution is -2.35. The molecular formula is C15H17N5O3. The van der Waals surface area contributed by atoms with Crippen molar-refractivity contribution >= 4 is 11.6 Å². The molecule has 0 unspecified atom stereocenters. The number of carbonyl (C=O) groups excluding carboxylic acids is 1. The lowest BCUT2D eigenvalue weighted by atomic mass is 10.1. The molecule has 1 aliphatic heterocycles. The van der Waals surface area contributed by atoms with E-state index in [4.69, 9.17) is 9.15 Å². The summed E-state index contributed by atoms with van der Waals surface area (Å²) >= 11 is 0. The van der Waals surface area contributed by atoms with Gasteiger partial charge < -0.3 is 18.6 Å². The summed E-state index contributed by atoms with van der Waals surface area (Å²) < 4.78 is 14.3. The van der Waals surface area contributed by atoms with E-state index in [9.17, 15) is 4.79 Å². The van der Waals surface area contributed by atoms with Gasteiger partial charge in [-0.3, -0.25) is 4.79 Å². The number of fused-ring (bicyclic) bond motifs is 2. The molecule has 0 saturated carbocycles. The lowest BCUT2D eigenvalue weighted by Gasteiger charge is -2.24. The van der Waals surface area contributed by atoms with Crippen LogP contribution in [0.1, 0.15) is 27.7 Å². The quantitative estimate of drug-likeness (QED) is 0.721.